The summed E-state index contributed by atoms with van der Waals surface area (Å²) in [6, 6.07) is 18.6. The molecule has 1 aromatic heterocycles. The van der Waals surface area contributed by atoms with E-state index in [1.54, 1.807) is 0 Å². The van der Waals surface area contributed by atoms with Gasteiger partial charge in [-0.25, -0.2) is 4.98 Å². The van der Waals surface area contributed by atoms with Crippen molar-refractivity contribution >= 4 is 0 Å². The number of hydrogen-bond donors (Lipinski definition) is 1. The zero-order valence-corrected chi connectivity index (χ0v) is 11.5. The predicted molar refractivity (Wildman–Crippen MR) is 80.4 cm³/mol. The fourth-order valence-electron chi connectivity index (χ4n) is 2.26. The van der Waals surface area contributed by atoms with E-state index in [0.717, 1.165) is 30.1 Å². The second-order valence-electron chi connectivity index (χ2n) is 4.91. The molecular weight excluding hydrogens is 246 g/mol. The minimum atomic E-state index is 0.783. The van der Waals surface area contributed by atoms with Crippen LogP contribution in [0.15, 0.2) is 54.6 Å². The molecule has 2 aromatic carbocycles. The molecule has 0 fully saturated rings. The number of aromatic amines is 1. The molecule has 0 unspecified atom stereocenters. The lowest BCUT2D eigenvalue weighted by atomic mass is 10.1. The molecule has 0 aliphatic heterocycles. The number of nitrogens with one attached hydrogen (secondary N) is 1. The van der Waals surface area contributed by atoms with Gasteiger partial charge < -0.3 is 0 Å². The molecule has 0 saturated carbocycles. The first kappa shape index (κ1) is 12.6. The average molecular weight is 263 g/mol. The maximum absolute atomic E-state index is 4.59. The van der Waals surface area contributed by atoms with Crippen LogP contribution in [0.2, 0.25) is 0 Å². The smallest absolute Gasteiger partial charge is 0.181 e. The summed E-state index contributed by atoms with van der Waals surface area (Å²) in [5, 5.41) is 7.36. The van der Waals surface area contributed by atoms with Crippen molar-refractivity contribution in [1.82, 2.24) is 15.2 Å². The van der Waals surface area contributed by atoms with Gasteiger partial charge in [-0.15, -0.1) is 0 Å². The molecule has 0 spiro atoms. The van der Waals surface area contributed by atoms with E-state index in [1.165, 1.54) is 11.1 Å². The summed E-state index contributed by atoms with van der Waals surface area (Å²) in [7, 11) is 0. The van der Waals surface area contributed by atoms with Crippen molar-refractivity contribution in [2.45, 2.75) is 19.8 Å². The van der Waals surface area contributed by atoms with Crippen molar-refractivity contribution in [3.05, 3.63) is 71.5 Å². The van der Waals surface area contributed by atoms with E-state index < -0.39 is 0 Å². The van der Waals surface area contributed by atoms with Crippen LogP contribution in [0.3, 0.4) is 0 Å². The summed E-state index contributed by atoms with van der Waals surface area (Å²) >= 11 is 0. The van der Waals surface area contributed by atoms with Gasteiger partial charge in [-0.05, 0) is 24.5 Å². The van der Waals surface area contributed by atoms with E-state index in [4.69, 9.17) is 0 Å². The summed E-state index contributed by atoms with van der Waals surface area (Å²) in [5.41, 5.74) is 3.61. The van der Waals surface area contributed by atoms with Gasteiger partial charge in [0, 0.05) is 12.0 Å². The summed E-state index contributed by atoms with van der Waals surface area (Å²) in [5.74, 6) is 1.72. The minimum absolute atomic E-state index is 0.783. The van der Waals surface area contributed by atoms with Crippen molar-refractivity contribution in [2.75, 3.05) is 0 Å². The monoisotopic (exact) mass is 263 g/mol. The molecule has 0 bridgehead atoms. The van der Waals surface area contributed by atoms with Crippen molar-refractivity contribution in [1.29, 1.82) is 0 Å². The van der Waals surface area contributed by atoms with Crippen LogP contribution in [0.25, 0.3) is 11.4 Å². The Hall–Kier alpha value is -2.42. The molecule has 3 rings (SSSR count). The van der Waals surface area contributed by atoms with Gasteiger partial charge in [-0.1, -0.05) is 54.6 Å². The topological polar surface area (TPSA) is 41.6 Å². The number of aromatic nitrogens is 3. The Morgan fingerprint density at radius 2 is 1.65 bits per heavy atom. The molecule has 0 amide bonds. The number of H-pyrrole nitrogens is 1. The van der Waals surface area contributed by atoms with E-state index in [1.807, 2.05) is 18.2 Å². The highest BCUT2D eigenvalue weighted by molar-refractivity contribution is 5.59. The number of hydrogen-bond acceptors (Lipinski definition) is 2. The Bertz CT molecular complexity index is 686. The van der Waals surface area contributed by atoms with Crippen LogP contribution < -0.4 is 0 Å². The first-order valence-corrected chi connectivity index (χ1v) is 6.84. The van der Waals surface area contributed by atoms with Crippen LogP contribution in [0.1, 0.15) is 17.0 Å². The van der Waals surface area contributed by atoms with Gasteiger partial charge in [-0.2, -0.15) is 5.10 Å². The lowest BCUT2D eigenvalue weighted by Crippen LogP contribution is -1.93. The van der Waals surface area contributed by atoms with Gasteiger partial charge in [0.05, 0.1) is 0 Å². The minimum Gasteiger partial charge on any atom is -0.263 e. The third-order valence-electron chi connectivity index (χ3n) is 3.41. The molecule has 1 heterocycles. The first-order chi connectivity index (χ1) is 9.83. The highest BCUT2D eigenvalue weighted by Crippen LogP contribution is 2.19. The fraction of sp³-hybridized carbons (Fsp3) is 0.176. The van der Waals surface area contributed by atoms with Gasteiger partial charge in [0.15, 0.2) is 5.82 Å². The standard InChI is InChI=1S/C17H17N3/c1-13-7-5-6-10-15(13)17-18-16(19-20-17)12-11-14-8-3-2-4-9-14/h2-10H,11-12H2,1H3,(H,18,19,20). The molecule has 1 N–H and O–H groups in total. The highest BCUT2D eigenvalue weighted by Gasteiger charge is 2.07. The van der Waals surface area contributed by atoms with E-state index in [9.17, 15) is 0 Å². The van der Waals surface area contributed by atoms with Crippen LogP contribution >= 0.6 is 0 Å². The molecule has 0 radical (unpaired) electrons. The van der Waals surface area contributed by atoms with Crippen molar-refractivity contribution in [3.63, 3.8) is 0 Å². The van der Waals surface area contributed by atoms with Gasteiger partial charge >= 0.3 is 0 Å². The summed E-state index contributed by atoms with van der Waals surface area (Å²) in [4.78, 5) is 4.59. The molecule has 100 valence electrons. The van der Waals surface area contributed by atoms with Crippen LogP contribution in [0.5, 0.6) is 0 Å². The highest BCUT2D eigenvalue weighted by atomic mass is 15.2. The quantitative estimate of drug-likeness (QED) is 0.782. The van der Waals surface area contributed by atoms with E-state index in [2.05, 4.69) is 58.5 Å². The Kier molecular flexibility index (Phi) is 3.59. The Balaban J connectivity index is 1.73. The zero-order chi connectivity index (χ0) is 13.8. The normalized spacial score (nSPS) is 10.7. The molecule has 3 aromatic rings. The Morgan fingerprint density at radius 3 is 2.45 bits per heavy atom. The van der Waals surface area contributed by atoms with Crippen molar-refractivity contribution < 1.29 is 0 Å². The third kappa shape index (κ3) is 2.77. The SMILES string of the molecule is Cc1ccccc1-c1n[nH]c(CCc2ccccc2)n1. The molecule has 3 heteroatoms. The van der Waals surface area contributed by atoms with Gasteiger partial charge in [0.2, 0.25) is 0 Å². The number of benzene rings is 2. The molecular formula is C17H17N3. The van der Waals surface area contributed by atoms with Crippen LogP contribution in [-0.2, 0) is 12.8 Å². The third-order valence-corrected chi connectivity index (χ3v) is 3.41. The number of aryl methyl sites for hydroxylation is 3. The second-order valence-corrected chi connectivity index (χ2v) is 4.91. The number of rotatable bonds is 4. The molecule has 0 aliphatic carbocycles. The van der Waals surface area contributed by atoms with Gasteiger partial charge in [0.1, 0.15) is 5.82 Å². The molecule has 20 heavy (non-hydrogen) atoms. The van der Waals surface area contributed by atoms with Gasteiger partial charge in [-0.3, -0.25) is 5.10 Å². The van der Waals surface area contributed by atoms with E-state index >= 15 is 0 Å². The molecule has 0 saturated heterocycles. The summed E-state index contributed by atoms with van der Waals surface area (Å²) in [6.45, 7) is 2.08. The van der Waals surface area contributed by atoms with E-state index in [0.29, 0.717) is 0 Å². The van der Waals surface area contributed by atoms with Crippen LogP contribution in [-0.4, -0.2) is 15.2 Å². The zero-order valence-electron chi connectivity index (χ0n) is 11.5. The Morgan fingerprint density at radius 1 is 0.900 bits per heavy atom. The van der Waals surface area contributed by atoms with Crippen LogP contribution in [0, 0.1) is 6.92 Å². The number of nitrogens with zero attached hydrogens (tertiary/aromatic N) is 2. The maximum Gasteiger partial charge on any atom is 0.181 e. The second kappa shape index (κ2) is 5.70. The summed E-state index contributed by atoms with van der Waals surface area (Å²) < 4.78 is 0. The van der Waals surface area contributed by atoms with E-state index in [-0.39, 0.29) is 0 Å². The van der Waals surface area contributed by atoms with Crippen molar-refractivity contribution in [2.24, 2.45) is 0 Å². The molecule has 3 nitrogen and oxygen atoms in total. The lowest BCUT2D eigenvalue weighted by Gasteiger charge is -1.99. The van der Waals surface area contributed by atoms with Crippen molar-refractivity contribution in [3.8, 4) is 11.4 Å². The summed E-state index contributed by atoms with van der Waals surface area (Å²) in [6.07, 6.45) is 1.85. The van der Waals surface area contributed by atoms with Gasteiger partial charge in [0.25, 0.3) is 0 Å². The average Bonchev–Trinajstić information content (AvgIpc) is 2.95. The molecule has 0 aliphatic rings. The first-order valence-electron chi connectivity index (χ1n) is 6.84. The Labute approximate surface area is 118 Å². The lowest BCUT2D eigenvalue weighted by molar-refractivity contribution is 0.865. The molecule has 0 atom stereocenters. The predicted octanol–water partition coefficient (Wildman–Crippen LogP) is 3.57. The maximum atomic E-state index is 4.59. The van der Waals surface area contributed by atoms with Crippen LogP contribution in [0.4, 0.5) is 0 Å². The fourth-order valence-corrected chi connectivity index (χ4v) is 2.26. The largest absolute Gasteiger partial charge is 0.263 e.